The minimum Gasteiger partial charge on any atom is -0.319 e. The van der Waals surface area contributed by atoms with Gasteiger partial charge in [-0.2, -0.15) is 0 Å². The van der Waals surface area contributed by atoms with Gasteiger partial charge in [-0.3, -0.25) is 10.1 Å². The zero-order chi connectivity index (χ0) is 9.90. The van der Waals surface area contributed by atoms with Crippen LogP contribution in [-0.2, 0) is 0 Å². The van der Waals surface area contributed by atoms with Gasteiger partial charge in [-0.25, -0.2) is 0 Å². The summed E-state index contributed by atoms with van der Waals surface area (Å²) in [6.07, 6.45) is 5.89. The van der Waals surface area contributed by atoms with Gasteiger partial charge in [0.25, 0.3) is 5.70 Å². The minimum absolute atomic E-state index is 0.0221. The largest absolute Gasteiger partial charge is 0.319 e. The Bertz CT molecular complexity index is 271. The van der Waals surface area contributed by atoms with E-state index >= 15 is 0 Å². The second-order valence-corrected chi connectivity index (χ2v) is 3.61. The van der Waals surface area contributed by atoms with E-state index in [2.05, 4.69) is 12.2 Å². The average molecular weight is 182 g/mol. The first-order valence-corrected chi connectivity index (χ1v) is 4.26. The van der Waals surface area contributed by atoms with Crippen LogP contribution in [0.3, 0.4) is 0 Å². The van der Waals surface area contributed by atoms with E-state index in [1.54, 1.807) is 12.2 Å². The normalized spacial score (nSPS) is 27.1. The zero-order valence-electron chi connectivity index (χ0n) is 7.91. The summed E-state index contributed by atoms with van der Waals surface area (Å²) >= 11 is 0. The van der Waals surface area contributed by atoms with Gasteiger partial charge in [0, 0.05) is 18.0 Å². The SMILES string of the molecule is CNCC1(C)C=CC([N+](=O)[O-])=CC1. The highest BCUT2D eigenvalue weighted by Gasteiger charge is 2.24. The second-order valence-electron chi connectivity index (χ2n) is 3.61. The van der Waals surface area contributed by atoms with Gasteiger partial charge in [-0.1, -0.05) is 13.0 Å². The molecule has 0 aromatic heterocycles. The van der Waals surface area contributed by atoms with E-state index in [0.717, 1.165) is 13.0 Å². The zero-order valence-corrected chi connectivity index (χ0v) is 7.91. The third kappa shape index (κ3) is 2.39. The Balaban J connectivity index is 2.67. The Morgan fingerprint density at radius 1 is 1.77 bits per heavy atom. The van der Waals surface area contributed by atoms with Crippen molar-refractivity contribution in [2.75, 3.05) is 13.6 Å². The van der Waals surface area contributed by atoms with Crippen LogP contribution in [0, 0.1) is 15.5 Å². The molecule has 4 nitrogen and oxygen atoms in total. The first kappa shape index (κ1) is 9.92. The summed E-state index contributed by atoms with van der Waals surface area (Å²) in [5, 5.41) is 13.5. The van der Waals surface area contributed by atoms with Crippen LogP contribution in [0.25, 0.3) is 0 Å². The molecule has 0 radical (unpaired) electrons. The van der Waals surface area contributed by atoms with Crippen LogP contribution in [0.4, 0.5) is 0 Å². The Kier molecular flexibility index (Phi) is 2.83. The average Bonchev–Trinajstić information content (AvgIpc) is 2.05. The van der Waals surface area contributed by atoms with E-state index in [0.29, 0.717) is 0 Å². The maximum absolute atomic E-state index is 10.4. The maximum atomic E-state index is 10.4. The quantitative estimate of drug-likeness (QED) is 0.529. The van der Waals surface area contributed by atoms with Gasteiger partial charge in [0.15, 0.2) is 0 Å². The smallest absolute Gasteiger partial charge is 0.265 e. The van der Waals surface area contributed by atoms with E-state index in [1.165, 1.54) is 0 Å². The molecule has 0 amide bonds. The van der Waals surface area contributed by atoms with Crippen molar-refractivity contribution in [3.05, 3.63) is 34.0 Å². The summed E-state index contributed by atoms with van der Waals surface area (Å²) in [7, 11) is 1.88. The Morgan fingerprint density at radius 3 is 2.85 bits per heavy atom. The number of allylic oxidation sites excluding steroid dienone is 2. The Hall–Kier alpha value is -1.16. The van der Waals surface area contributed by atoms with E-state index in [1.807, 2.05) is 13.1 Å². The number of rotatable bonds is 3. The van der Waals surface area contributed by atoms with Gasteiger partial charge in [-0.15, -0.1) is 0 Å². The number of nitrogens with one attached hydrogen (secondary N) is 1. The van der Waals surface area contributed by atoms with Crippen molar-refractivity contribution in [1.82, 2.24) is 5.32 Å². The fraction of sp³-hybridized carbons (Fsp3) is 0.556. The van der Waals surface area contributed by atoms with E-state index in [9.17, 15) is 10.1 Å². The van der Waals surface area contributed by atoms with Gasteiger partial charge < -0.3 is 5.32 Å². The molecule has 72 valence electrons. The van der Waals surface area contributed by atoms with Crippen molar-refractivity contribution in [2.45, 2.75) is 13.3 Å². The van der Waals surface area contributed by atoms with Crippen LogP contribution in [-0.4, -0.2) is 18.5 Å². The molecule has 1 rings (SSSR count). The van der Waals surface area contributed by atoms with Gasteiger partial charge in [-0.05, 0) is 19.5 Å². The highest BCUT2D eigenvalue weighted by molar-refractivity contribution is 5.21. The number of hydrogen-bond donors (Lipinski definition) is 1. The summed E-state index contributed by atoms with van der Waals surface area (Å²) in [6, 6.07) is 0. The molecule has 13 heavy (non-hydrogen) atoms. The molecular weight excluding hydrogens is 168 g/mol. The lowest BCUT2D eigenvalue weighted by Crippen LogP contribution is -2.28. The summed E-state index contributed by atoms with van der Waals surface area (Å²) in [5.74, 6) is 0. The third-order valence-corrected chi connectivity index (χ3v) is 2.23. The molecule has 0 aliphatic heterocycles. The van der Waals surface area contributed by atoms with Crippen LogP contribution in [0.5, 0.6) is 0 Å². The summed E-state index contributed by atoms with van der Waals surface area (Å²) in [5.41, 5.74) is 0.224. The molecule has 1 aliphatic rings. The summed E-state index contributed by atoms with van der Waals surface area (Å²) in [6.45, 7) is 2.91. The molecule has 0 saturated carbocycles. The molecule has 1 atom stereocenters. The van der Waals surface area contributed by atoms with Crippen LogP contribution in [0.15, 0.2) is 23.9 Å². The summed E-state index contributed by atoms with van der Waals surface area (Å²) < 4.78 is 0. The number of nitrogens with zero attached hydrogens (tertiary/aromatic N) is 1. The molecule has 0 spiro atoms. The van der Waals surface area contributed by atoms with Crippen molar-refractivity contribution >= 4 is 0 Å². The fourth-order valence-electron chi connectivity index (χ4n) is 1.43. The molecular formula is C9H14N2O2. The van der Waals surface area contributed by atoms with E-state index < -0.39 is 0 Å². The summed E-state index contributed by atoms with van der Waals surface area (Å²) in [4.78, 5) is 10.0. The highest BCUT2D eigenvalue weighted by Crippen LogP contribution is 2.28. The highest BCUT2D eigenvalue weighted by atomic mass is 16.6. The molecule has 0 saturated heterocycles. The molecule has 1 N–H and O–H groups in total. The molecule has 0 aromatic rings. The fourth-order valence-corrected chi connectivity index (χ4v) is 1.43. The topological polar surface area (TPSA) is 55.2 Å². The monoisotopic (exact) mass is 182 g/mol. The molecule has 4 heteroatoms. The Morgan fingerprint density at radius 2 is 2.46 bits per heavy atom. The lowest BCUT2D eigenvalue weighted by atomic mass is 9.83. The van der Waals surface area contributed by atoms with Gasteiger partial charge in [0.05, 0.1) is 4.92 Å². The van der Waals surface area contributed by atoms with Gasteiger partial charge in [0.2, 0.25) is 0 Å². The van der Waals surface area contributed by atoms with E-state index in [4.69, 9.17) is 0 Å². The lowest BCUT2D eigenvalue weighted by Gasteiger charge is -2.25. The number of hydrogen-bond acceptors (Lipinski definition) is 3. The standard InChI is InChI=1S/C9H14N2O2/c1-9(7-10-2)5-3-8(4-6-9)11(12)13/h3-5,10H,6-7H2,1-2H3. The first-order valence-electron chi connectivity index (χ1n) is 4.26. The van der Waals surface area contributed by atoms with Crippen LogP contribution < -0.4 is 5.32 Å². The first-order chi connectivity index (χ1) is 6.07. The van der Waals surface area contributed by atoms with Crippen molar-refractivity contribution in [2.24, 2.45) is 5.41 Å². The van der Waals surface area contributed by atoms with Crippen LogP contribution in [0.2, 0.25) is 0 Å². The van der Waals surface area contributed by atoms with Crippen LogP contribution in [0.1, 0.15) is 13.3 Å². The number of nitro groups is 1. The predicted octanol–water partition coefficient (Wildman–Crippen LogP) is 1.33. The van der Waals surface area contributed by atoms with Crippen molar-refractivity contribution in [1.29, 1.82) is 0 Å². The second kappa shape index (κ2) is 3.70. The molecule has 0 bridgehead atoms. The predicted molar refractivity (Wildman–Crippen MR) is 50.9 cm³/mol. The molecule has 0 fully saturated rings. The van der Waals surface area contributed by atoms with E-state index in [-0.39, 0.29) is 16.0 Å². The Labute approximate surface area is 77.5 Å². The molecule has 1 unspecified atom stereocenters. The lowest BCUT2D eigenvalue weighted by molar-refractivity contribution is -0.419. The van der Waals surface area contributed by atoms with Crippen molar-refractivity contribution in [3.8, 4) is 0 Å². The maximum Gasteiger partial charge on any atom is 0.265 e. The molecule has 0 aromatic carbocycles. The molecule has 1 aliphatic carbocycles. The minimum atomic E-state index is -0.352. The van der Waals surface area contributed by atoms with Crippen molar-refractivity contribution in [3.63, 3.8) is 0 Å². The third-order valence-electron chi connectivity index (χ3n) is 2.23. The van der Waals surface area contributed by atoms with Crippen molar-refractivity contribution < 1.29 is 4.92 Å². The molecule has 0 heterocycles. The van der Waals surface area contributed by atoms with Gasteiger partial charge in [0.1, 0.15) is 0 Å². The van der Waals surface area contributed by atoms with Gasteiger partial charge >= 0.3 is 0 Å². The van der Waals surface area contributed by atoms with Crippen LogP contribution >= 0.6 is 0 Å².